The molecule has 0 aliphatic rings. The number of nitrogens with zero attached hydrogens (tertiary/aromatic N) is 1. The lowest BCUT2D eigenvalue weighted by Gasteiger charge is -2.31. The molecule has 7 heteroatoms. The van der Waals surface area contributed by atoms with Crippen molar-refractivity contribution in [3.05, 3.63) is 99.5 Å². The third kappa shape index (κ3) is 8.01. The second-order valence-electron chi connectivity index (χ2n) is 8.34. The average Bonchev–Trinajstić information content (AvgIpc) is 2.86. The van der Waals surface area contributed by atoms with E-state index in [-0.39, 0.29) is 24.8 Å². The first-order valence-corrected chi connectivity index (χ1v) is 12.3. The van der Waals surface area contributed by atoms with Crippen LogP contribution in [0.15, 0.2) is 72.8 Å². The molecule has 1 unspecified atom stereocenters. The number of nitrogens with one attached hydrogen (secondary N) is 1. The summed E-state index contributed by atoms with van der Waals surface area (Å²) in [7, 11) is 1.58. The molecule has 0 aromatic heterocycles. The van der Waals surface area contributed by atoms with Crippen LogP contribution in [0.2, 0.25) is 10.0 Å². The van der Waals surface area contributed by atoms with Crippen LogP contribution in [0.3, 0.4) is 0 Å². The monoisotopic (exact) mass is 512 g/mol. The lowest BCUT2D eigenvalue weighted by atomic mass is 10.0. The highest BCUT2D eigenvalue weighted by atomic mass is 35.5. The number of amides is 2. The van der Waals surface area contributed by atoms with Gasteiger partial charge in [-0.3, -0.25) is 9.59 Å². The molecule has 184 valence electrons. The van der Waals surface area contributed by atoms with Gasteiger partial charge >= 0.3 is 0 Å². The van der Waals surface area contributed by atoms with E-state index in [2.05, 4.69) is 5.32 Å². The Morgan fingerprint density at radius 1 is 1.00 bits per heavy atom. The third-order valence-electron chi connectivity index (χ3n) is 5.70. The van der Waals surface area contributed by atoms with E-state index in [1.807, 2.05) is 61.5 Å². The van der Waals surface area contributed by atoms with Gasteiger partial charge in [0.15, 0.2) is 0 Å². The minimum atomic E-state index is -0.695. The average molecular weight is 513 g/mol. The van der Waals surface area contributed by atoms with Gasteiger partial charge in [-0.05, 0) is 48.7 Å². The van der Waals surface area contributed by atoms with Crippen LogP contribution in [-0.2, 0) is 22.6 Å². The van der Waals surface area contributed by atoms with E-state index in [9.17, 15) is 9.59 Å². The van der Waals surface area contributed by atoms with E-state index in [1.54, 1.807) is 30.1 Å². The number of likely N-dealkylation sites (N-methyl/N-ethyl adjacent to an activating group) is 1. The van der Waals surface area contributed by atoms with Crippen LogP contribution >= 0.6 is 23.2 Å². The van der Waals surface area contributed by atoms with Gasteiger partial charge in [0.25, 0.3) is 0 Å². The minimum absolute atomic E-state index is 0.145. The lowest BCUT2D eigenvalue weighted by molar-refractivity contribution is -0.141. The Labute approximate surface area is 217 Å². The molecule has 0 spiro atoms. The molecule has 3 rings (SSSR count). The lowest BCUT2D eigenvalue weighted by Crippen LogP contribution is -2.49. The molecule has 3 aromatic carbocycles. The summed E-state index contributed by atoms with van der Waals surface area (Å²) in [5.41, 5.74) is 2.84. The SMILES string of the molecule is CNC(=O)C(Cc1ccccc1)N(Cc1ccc(Cl)cc1Cl)C(=O)CCCOc1ccc(C)cc1. The molecule has 0 saturated heterocycles. The quantitative estimate of drug-likeness (QED) is 0.328. The first-order chi connectivity index (χ1) is 16.9. The zero-order chi connectivity index (χ0) is 25.2. The Hall–Kier alpha value is -3.02. The van der Waals surface area contributed by atoms with Crippen molar-refractivity contribution < 1.29 is 14.3 Å². The number of aryl methyl sites for hydroxylation is 1. The van der Waals surface area contributed by atoms with Crippen LogP contribution in [0, 0.1) is 6.92 Å². The van der Waals surface area contributed by atoms with Crippen molar-refractivity contribution >= 4 is 35.0 Å². The molecule has 5 nitrogen and oxygen atoms in total. The van der Waals surface area contributed by atoms with Crippen molar-refractivity contribution in [2.24, 2.45) is 0 Å². The number of benzene rings is 3. The first-order valence-electron chi connectivity index (χ1n) is 11.6. The van der Waals surface area contributed by atoms with Crippen LogP contribution in [-0.4, -0.2) is 36.4 Å². The number of rotatable bonds is 11. The minimum Gasteiger partial charge on any atom is -0.494 e. The largest absolute Gasteiger partial charge is 0.494 e. The van der Waals surface area contributed by atoms with E-state index in [0.29, 0.717) is 29.5 Å². The molecule has 0 bridgehead atoms. The fourth-order valence-electron chi connectivity index (χ4n) is 3.75. The predicted molar refractivity (Wildman–Crippen MR) is 141 cm³/mol. The molecule has 0 saturated carbocycles. The highest BCUT2D eigenvalue weighted by molar-refractivity contribution is 6.35. The molecule has 1 N–H and O–H groups in total. The van der Waals surface area contributed by atoms with Crippen molar-refractivity contribution in [1.29, 1.82) is 0 Å². The summed E-state index contributed by atoms with van der Waals surface area (Å²) < 4.78 is 5.78. The number of hydrogen-bond donors (Lipinski definition) is 1. The van der Waals surface area contributed by atoms with Crippen molar-refractivity contribution in [2.75, 3.05) is 13.7 Å². The summed E-state index contributed by atoms with van der Waals surface area (Å²) in [5, 5.41) is 3.68. The molecule has 0 aliphatic carbocycles. The third-order valence-corrected chi connectivity index (χ3v) is 6.28. The van der Waals surface area contributed by atoms with E-state index < -0.39 is 6.04 Å². The number of carbonyl (C=O) groups excluding carboxylic acids is 2. The molecule has 0 aliphatic heterocycles. The maximum Gasteiger partial charge on any atom is 0.242 e. The smallest absolute Gasteiger partial charge is 0.242 e. The molecule has 0 radical (unpaired) electrons. The van der Waals surface area contributed by atoms with Crippen LogP contribution in [0.4, 0.5) is 0 Å². The molecular formula is C28H30Cl2N2O3. The van der Waals surface area contributed by atoms with Crippen LogP contribution in [0.5, 0.6) is 5.75 Å². The standard InChI is InChI=1S/C28H30Cl2N2O3/c1-20-10-14-24(15-11-20)35-16-6-9-27(33)32(19-22-12-13-23(29)18-25(22)30)26(28(34)31-2)17-21-7-4-3-5-8-21/h3-5,7-8,10-15,18,26H,6,9,16-17,19H2,1-2H3,(H,31,34). The Morgan fingerprint density at radius 3 is 2.37 bits per heavy atom. The van der Waals surface area contributed by atoms with Crippen LogP contribution in [0.1, 0.15) is 29.5 Å². The Bertz CT molecular complexity index is 1120. The fraction of sp³-hybridized carbons (Fsp3) is 0.286. The predicted octanol–water partition coefficient (Wildman–Crippen LogP) is 5.85. The van der Waals surface area contributed by atoms with Gasteiger partial charge in [0.05, 0.1) is 6.61 Å². The molecule has 1 atom stereocenters. The van der Waals surface area contributed by atoms with Crippen LogP contribution in [0.25, 0.3) is 0 Å². The zero-order valence-corrected chi connectivity index (χ0v) is 21.5. The van der Waals surface area contributed by atoms with E-state index in [0.717, 1.165) is 22.4 Å². The van der Waals surface area contributed by atoms with Crippen molar-refractivity contribution in [3.63, 3.8) is 0 Å². The van der Waals surface area contributed by atoms with E-state index >= 15 is 0 Å². The number of carbonyl (C=O) groups is 2. The highest BCUT2D eigenvalue weighted by Crippen LogP contribution is 2.24. The van der Waals surface area contributed by atoms with Gasteiger partial charge in [-0.1, -0.05) is 77.3 Å². The Morgan fingerprint density at radius 2 is 1.71 bits per heavy atom. The Kier molecular flexibility index (Phi) is 10.0. The molecule has 0 heterocycles. The maximum atomic E-state index is 13.5. The molecular weight excluding hydrogens is 483 g/mol. The van der Waals surface area contributed by atoms with Gasteiger partial charge in [0.1, 0.15) is 11.8 Å². The van der Waals surface area contributed by atoms with E-state index in [1.165, 1.54) is 0 Å². The zero-order valence-electron chi connectivity index (χ0n) is 20.0. The number of ether oxygens (including phenoxy) is 1. The molecule has 35 heavy (non-hydrogen) atoms. The summed E-state index contributed by atoms with van der Waals surface area (Å²) in [5.74, 6) is 0.386. The molecule has 2 amide bonds. The normalized spacial score (nSPS) is 11.5. The van der Waals surface area contributed by atoms with Crippen molar-refractivity contribution in [2.45, 2.75) is 38.8 Å². The summed E-state index contributed by atoms with van der Waals surface area (Å²) in [6.45, 7) is 2.61. The second kappa shape index (κ2) is 13.2. The van der Waals surface area contributed by atoms with Gasteiger partial charge in [-0.25, -0.2) is 0 Å². The molecule has 0 fully saturated rings. The van der Waals surface area contributed by atoms with Gasteiger partial charge in [-0.2, -0.15) is 0 Å². The summed E-state index contributed by atoms with van der Waals surface area (Å²) in [4.78, 5) is 28.0. The Balaban J connectivity index is 1.77. The summed E-state index contributed by atoms with van der Waals surface area (Å²) in [6, 6.07) is 21.9. The van der Waals surface area contributed by atoms with Gasteiger partial charge in [0.2, 0.25) is 11.8 Å². The first kappa shape index (κ1) is 26.6. The van der Waals surface area contributed by atoms with Gasteiger partial charge in [-0.15, -0.1) is 0 Å². The number of halogens is 2. The van der Waals surface area contributed by atoms with E-state index in [4.69, 9.17) is 27.9 Å². The number of hydrogen-bond acceptors (Lipinski definition) is 3. The maximum absolute atomic E-state index is 13.5. The summed E-state index contributed by atoms with van der Waals surface area (Å²) >= 11 is 12.5. The van der Waals surface area contributed by atoms with Gasteiger partial charge < -0.3 is 15.0 Å². The van der Waals surface area contributed by atoms with Crippen molar-refractivity contribution in [3.8, 4) is 5.75 Å². The second-order valence-corrected chi connectivity index (χ2v) is 9.19. The molecule has 3 aromatic rings. The fourth-order valence-corrected chi connectivity index (χ4v) is 4.21. The van der Waals surface area contributed by atoms with Gasteiger partial charge in [0, 0.05) is 36.5 Å². The summed E-state index contributed by atoms with van der Waals surface area (Å²) in [6.07, 6.45) is 1.14. The van der Waals surface area contributed by atoms with Crippen molar-refractivity contribution in [1.82, 2.24) is 10.2 Å². The van der Waals surface area contributed by atoms with Crippen LogP contribution < -0.4 is 10.1 Å². The highest BCUT2D eigenvalue weighted by Gasteiger charge is 2.30. The topological polar surface area (TPSA) is 58.6 Å².